The Morgan fingerprint density at radius 2 is 1.95 bits per heavy atom. The maximum Gasteiger partial charge on any atom is 0.332 e. The molecule has 0 aromatic carbocycles. The van der Waals surface area contributed by atoms with Gasteiger partial charge in [-0.1, -0.05) is 6.92 Å². The van der Waals surface area contributed by atoms with Crippen molar-refractivity contribution in [3.8, 4) is 0 Å². The SMILES string of the molecule is CN1CCC(C)(CNC(=O)NC2(C(=O)O)CCOC2)CC1. The van der Waals surface area contributed by atoms with E-state index >= 15 is 0 Å². The molecule has 0 aromatic rings. The van der Waals surface area contributed by atoms with E-state index in [1.165, 1.54) is 0 Å². The third-order valence-corrected chi connectivity index (χ3v) is 4.65. The van der Waals surface area contributed by atoms with Crippen LogP contribution in [0.2, 0.25) is 0 Å². The minimum absolute atomic E-state index is 0.0256. The van der Waals surface area contributed by atoms with Crippen LogP contribution in [0.4, 0.5) is 4.79 Å². The molecule has 2 aliphatic rings. The summed E-state index contributed by atoms with van der Waals surface area (Å²) in [5.74, 6) is -1.04. The molecule has 0 aromatic heterocycles. The van der Waals surface area contributed by atoms with Gasteiger partial charge < -0.3 is 25.4 Å². The van der Waals surface area contributed by atoms with E-state index in [0.29, 0.717) is 19.6 Å². The van der Waals surface area contributed by atoms with Gasteiger partial charge in [0, 0.05) is 19.6 Å². The first-order valence-corrected chi connectivity index (χ1v) is 7.41. The van der Waals surface area contributed by atoms with Crippen LogP contribution in [0.1, 0.15) is 26.2 Å². The van der Waals surface area contributed by atoms with Crippen molar-refractivity contribution in [3.63, 3.8) is 0 Å². The van der Waals surface area contributed by atoms with Crippen LogP contribution in [0.25, 0.3) is 0 Å². The highest BCUT2D eigenvalue weighted by Crippen LogP contribution is 2.29. The van der Waals surface area contributed by atoms with Crippen molar-refractivity contribution in [2.45, 2.75) is 31.7 Å². The maximum atomic E-state index is 12.0. The molecule has 2 fully saturated rings. The van der Waals surface area contributed by atoms with Gasteiger partial charge in [-0.15, -0.1) is 0 Å². The predicted octanol–water partition coefficient (Wildman–Crippen LogP) is 0.261. The molecule has 7 heteroatoms. The van der Waals surface area contributed by atoms with E-state index in [0.717, 1.165) is 25.9 Å². The number of likely N-dealkylation sites (tertiary alicyclic amines) is 1. The van der Waals surface area contributed by atoms with E-state index in [1.54, 1.807) is 0 Å². The van der Waals surface area contributed by atoms with Gasteiger partial charge in [-0.2, -0.15) is 0 Å². The van der Waals surface area contributed by atoms with E-state index in [2.05, 4.69) is 29.5 Å². The highest BCUT2D eigenvalue weighted by Gasteiger charge is 2.44. The number of carbonyl (C=O) groups excluding carboxylic acids is 1. The number of carboxylic acids is 1. The molecule has 2 aliphatic heterocycles. The van der Waals surface area contributed by atoms with Crippen molar-refractivity contribution in [2.75, 3.05) is 39.9 Å². The first kappa shape index (κ1) is 16.0. The summed E-state index contributed by atoms with van der Waals surface area (Å²) in [5, 5.41) is 14.7. The fourth-order valence-corrected chi connectivity index (χ4v) is 2.78. The lowest BCUT2D eigenvalue weighted by molar-refractivity contribution is -0.144. The number of nitrogens with zero attached hydrogens (tertiary/aromatic N) is 1. The average molecular weight is 299 g/mol. The Kier molecular flexibility index (Phi) is 4.73. The Bertz CT molecular complexity index is 399. The minimum atomic E-state index is -1.28. The fraction of sp³-hybridized carbons (Fsp3) is 0.857. The molecule has 3 N–H and O–H groups in total. The number of ether oxygens (including phenoxy) is 1. The Hall–Kier alpha value is -1.34. The number of nitrogens with one attached hydrogen (secondary N) is 2. The normalized spacial score (nSPS) is 29.0. The smallest absolute Gasteiger partial charge is 0.332 e. The molecule has 7 nitrogen and oxygen atoms in total. The number of hydrogen-bond donors (Lipinski definition) is 3. The molecule has 0 spiro atoms. The number of piperidine rings is 1. The van der Waals surface area contributed by atoms with Crippen LogP contribution in [-0.2, 0) is 9.53 Å². The van der Waals surface area contributed by atoms with Gasteiger partial charge in [-0.05, 0) is 38.4 Å². The molecule has 2 heterocycles. The summed E-state index contributed by atoms with van der Waals surface area (Å²) in [6.45, 7) is 5.14. The van der Waals surface area contributed by atoms with E-state index in [1.807, 2.05) is 0 Å². The standard InChI is InChI=1S/C14H25N3O4/c1-13(3-6-17(2)7-4-13)9-15-12(20)16-14(11(18)19)5-8-21-10-14/h3-10H2,1-2H3,(H,18,19)(H2,15,16,20). The molecule has 0 aliphatic carbocycles. The van der Waals surface area contributed by atoms with Gasteiger partial charge in [0.05, 0.1) is 6.61 Å². The van der Waals surface area contributed by atoms with Crippen LogP contribution in [0.5, 0.6) is 0 Å². The van der Waals surface area contributed by atoms with Crippen LogP contribution in [0, 0.1) is 5.41 Å². The zero-order valence-electron chi connectivity index (χ0n) is 12.8. The van der Waals surface area contributed by atoms with Crippen LogP contribution in [0.15, 0.2) is 0 Å². The van der Waals surface area contributed by atoms with Crippen molar-refractivity contribution in [1.29, 1.82) is 0 Å². The summed E-state index contributed by atoms with van der Waals surface area (Å²) in [6.07, 6.45) is 2.35. The number of rotatable bonds is 4. The van der Waals surface area contributed by atoms with E-state index < -0.39 is 17.5 Å². The minimum Gasteiger partial charge on any atom is -0.479 e. The topological polar surface area (TPSA) is 90.9 Å². The Balaban J connectivity index is 1.83. The zero-order valence-corrected chi connectivity index (χ0v) is 12.8. The Labute approximate surface area is 125 Å². The van der Waals surface area contributed by atoms with Gasteiger partial charge in [0.2, 0.25) is 0 Å². The molecule has 2 rings (SSSR count). The number of urea groups is 1. The number of aliphatic carboxylic acids is 1. The van der Waals surface area contributed by atoms with Gasteiger partial charge >= 0.3 is 12.0 Å². The lowest BCUT2D eigenvalue weighted by atomic mass is 9.80. The first-order valence-electron chi connectivity index (χ1n) is 7.41. The van der Waals surface area contributed by atoms with Crippen LogP contribution < -0.4 is 10.6 Å². The summed E-state index contributed by atoms with van der Waals surface area (Å²) < 4.78 is 5.12. The van der Waals surface area contributed by atoms with Gasteiger partial charge in [0.15, 0.2) is 5.54 Å². The van der Waals surface area contributed by atoms with Crippen molar-refractivity contribution in [2.24, 2.45) is 5.41 Å². The third-order valence-electron chi connectivity index (χ3n) is 4.65. The van der Waals surface area contributed by atoms with Gasteiger partial charge in [0.25, 0.3) is 0 Å². The average Bonchev–Trinajstić information content (AvgIpc) is 2.90. The molecular weight excluding hydrogens is 274 g/mol. The van der Waals surface area contributed by atoms with Gasteiger partial charge in [-0.25, -0.2) is 9.59 Å². The summed E-state index contributed by atoms with van der Waals surface area (Å²) in [7, 11) is 2.09. The van der Waals surface area contributed by atoms with E-state index in [9.17, 15) is 14.7 Å². The first-order chi connectivity index (χ1) is 9.85. The van der Waals surface area contributed by atoms with Crippen LogP contribution in [-0.4, -0.2) is 67.4 Å². The molecule has 21 heavy (non-hydrogen) atoms. The van der Waals surface area contributed by atoms with Gasteiger partial charge in [-0.3, -0.25) is 0 Å². The third kappa shape index (κ3) is 3.85. The molecule has 0 bridgehead atoms. The number of carbonyl (C=O) groups is 2. The molecule has 1 unspecified atom stereocenters. The fourth-order valence-electron chi connectivity index (χ4n) is 2.78. The second-order valence-corrected chi connectivity index (χ2v) is 6.61. The number of carboxylic acid groups (broad SMARTS) is 1. The number of hydrogen-bond acceptors (Lipinski definition) is 4. The lowest BCUT2D eigenvalue weighted by Gasteiger charge is -2.38. The largest absolute Gasteiger partial charge is 0.479 e. The molecular formula is C14H25N3O4. The lowest BCUT2D eigenvalue weighted by Crippen LogP contribution is -2.58. The van der Waals surface area contributed by atoms with Crippen LogP contribution in [0.3, 0.4) is 0 Å². The van der Waals surface area contributed by atoms with Crippen molar-refractivity contribution >= 4 is 12.0 Å². The molecule has 1 atom stereocenters. The molecule has 120 valence electrons. The monoisotopic (exact) mass is 299 g/mol. The molecule has 2 amide bonds. The zero-order chi connectivity index (χ0) is 15.5. The van der Waals surface area contributed by atoms with Crippen molar-refractivity contribution in [1.82, 2.24) is 15.5 Å². The van der Waals surface area contributed by atoms with E-state index in [-0.39, 0.29) is 12.0 Å². The second kappa shape index (κ2) is 6.19. The molecule has 0 radical (unpaired) electrons. The maximum absolute atomic E-state index is 12.0. The van der Waals surface area contributed by atoms with E-state index in [4.69, 9.17) is 4.74 Å². The quantitative estimate of drug-likeness (QED) is 0.693. The molecule has 2 saturated heterocycles. The summed E-state index contributed by atoms with van der Waals surface area (Å²) in [6, 6.07) is -0.428. The highest BCUT2D eigenvalue weighted by molar-refractivity contribution is 5.86. The Morgan fingerprint density at radius 3 is 2.48 bits per heavy atom. The van der Waals surface area contributed by atoms with Crippen molar-refractivity contribution in [3.05, 3.63) is 0 Å². The van der Waals surface area contributed by atoms with Crippen molar-refractivity contribution < 1.29 is 19.4 Å². The van der Waals surface area contributed by atoms with Gasteiger partial charge in [0.1, 0.15) is 0 Å². The predicted molar refractivity (Wildman–Crippen MR) is 77.2 cm³/mol. The van der Waals surface area contributed by atoms with Crippen LogP contribution >= 0.6 is 0 Å². The second-order valence-electron chi connectivity index (χ2n) is 6.61. The number of amides is 2. The highest BCUT2D eigenvalue weighted by atomic mass is 16.5. The Morgan fingerprint density at radius 1 is 1.29 bits per heavy atom. The summed E-state index contributed by atoms with van der Waals surface area (Å²) in [5.41, 5.74) is -1.20. The summed E-state index contributed by atoms with van der Waals surface area (Å²) in [4.78, 5) is 25.6. The summed E-state index contributed by atoms with van der Waals surface area (Å²) >= 11 is 0. The molecule has 0 saturated carbocycles.